The van der Waals surface area contributed by atoms with Crippen LogP contribution in [0.3, 0.4) is 0 Å². The Morgan fingerprint density at radius 1 is 1.45 bits per heavy atom. The zero-order valence-electron chi connectivity index (χ0n) is 12.5. The molecule has 0 saturated carbocycles. The normalized spacial score (nSPS) is 11.5. The number of ether oxygens (including phenoxy) is 2. The lowest BCUT2D eigenvalue weighted by atomic mass is 10.2. The summed E-state index contributed by atoms with van der Waals surface area (Å²) in [6.07, 6.45) is -0.362. The van der Waals surface area contributed by atoms with Crippen molar-refractivity contribution in [1.82, 2.24) is 10.1 Å². The highest BCUT2D eigenvalue weighted by Gasteiger charge is 2.19. The van der Waals surface area contributed by atoms with Crippen LogP contribution in [0.1, 0.15) is 32.2 Å². The van der Waals surface area contributed by atoms with Gasteiger partial charge in [0.25, 0.3) is 0 Å². The molecule has 20 heavy (non-hydrogen) atoms. The maximum absolute atomic E-state index is 11.7. The summed E-state index contributed by atoms with van der Waals surface area (Å²) in [4.78, 5) is 13.2. The Labute approximate surface area is 127 Å². The number of rotatable bonds is 5. The maximum atomic E-state index is 11.7. The first-order valence-electron chi connectivity index (χ1n) is 6.33. The van der Waals surface area contributed by atoms with Crippen LogP contribution in [0.15, 0.2) is 9.00 Å². The topological polar surface area (TPSA) is 64.8 Å². The van der Waals surface area contributed by atoms with Crippen molar-refractivity contribution in [3.05, 3.63) is 15.9 Å². The minimum absolute atomic E-state index is 0.333. The highest BCUT2D eigenvalue weighted by molar-refractivity contribution is 9.10. The molecule has 0 aliphatic heterocycles. The molecular weight excluding hydrogens is 328 g/mol. The molecule has 0 aromatic carbocycles. The number of nitrogens with zero attached hydrogens (tertiary/aromatic N) is 2. The summed E-state index contributed by atoms with van der Waals surface area (Å²) in [5, 5.41) is 3.86. The number of hydrogen-bond donors (Lipinski definition) is 0. The van der Waals surface area contributed by atoms with E-state index in [1.165, 1.54) is 4.90 Å². The third-order valence-corrected chi connectivity index (χ3v) is 3.39. The second-order valence-corrected chi connectivity index (χ2v) is 6.25. The van der Waals surface area contributed by atoms with Gasteiger partial charge in [0.2, 0.25) is 0 Å². The Kier molecular flexibility index (Phi) is 6.01. The van der Waals surface area contributed by atoms with Gasteiger partial charge in [-0.15, -0.1) is 0 Å². The van der Waals surface area contributed by atoms with Crippen molar-refractivity contribution in [3.63, 3.8) is 0 Å². The van der Waals surface area contributed by atoms with E-state index in [1.54, 1.807) is 7.05 Å². The number of likely N-dealkylation sites (N-methyl/N-ethyl adjacent to an activating group) is 1. The molecule has 0 saturated heterocycles. The van der Waals surface area contributed by atoms with Gasteiger partial charge in [0.15, 0.2) is 0 Å². The van der Waals surface area contributed by atoms with E-state index in [9.17, 15) is 4.79 Å². The van der Waals surface area contributed by atoms with Gasteiger partial charge >= 0.3 is 6.09 Å². The molecule has 0 bridgehead atoms. The number of halogens is 1. The van der Waals surface area contributed by atoms with E-state index in [1.807, 2.05) is 27.7 Å². The Morgan fingerprint density at radius 3 is 2.60 bits per heavy atom. The molecule has 0 fully saturated rings. The lowest BCUT2D eigenvalue weighted by Gasteiger charge is -2.24. The number of aryl methyl sites for hydroxylation is 1. The van der Waals surface area contributed by atoms with Crippen molar-refractivity contribution >= 4 is 22.0 Å². The van der Waals surface area contributed by atoms with Crippen LogP contribution in [0.4, 0.5) is 4.79 Å². The van der Waals surface area contributed by atoms with Crippen molar-refractivity contribution in [3.8, 4) is 0 Å². The molecule has 1 rings (SSSR count). The van der Waals surface area contributed by atoms with Gasteiger partial charge in [0.1, 0.15) is 17.1 Å². The Balaban J connectivity index is 2.27. The molecule has 1 amide bonds. The first kappa shape index (κ1) is 17.0. The molecule has 0 aliphatic rings. The first-order valence-corrected chi connectivity index (χ1v) is 7.12. The monoisotopic (exact) mass is 348 g/mol. The van der Waals surface area contributed by atoms with E-state index < -0.39 is 5.60 Å². The zero-order valence-corrected chi connectivity index (χ0v) is 14.1. The van der Waals surface area contributed by atoms with Crippen molar-refractivity contribution < 1.29 is 18.8 Å². The second-order valence-electron chi connectivity index (χ2n) is 5.45. The predicted octanol–water partition coefficient (Wildman–Crippen LogP) is 3.13. The van der Waals surface area contributed by atoms with Crippen molar-refractivity contribution in [1.29, 1.82) is 0 Å². The molecule has 1 heterocycles. The van der Waals surface area contributed by atoms with Crippen LogP contribution in [-0.4, -0.2) is 42.0 Å². The molecule has 6 nitrogen and oxygen atoms in total. The third-order valence-electron chi connectivity index (χ3n) is 2.37. The van der Waals surface area contributed by atoms with Crippen LogP contribution < -0.4 is 0 Å². The second kappa shape index (κ2) is 7.08. The summed E-state index contributed by atoms with van der Waals surface area (Å²) in [5.74, 6) is 0.717. The van der Waals surface area contributed by atoms with Crippen LogP contribution in [0.2, 0.25) is 0 Å². The Hall–Kier alpha value is -1.08. The van der Waals surface area contributed by atoms with Crippen molar-refractivity contribution in [2.24, 2.45) is 0 Å². The smallest absolute Gasteiger partial charge is 0.410 e. The lowest BCUT2D eigenvalue weighted by Crippen LogP contribution is -2.36. The van der Waals surface area contributed by atoms with E-state index in [4.69, 9.17) is 14.0 Å². The maximum Gasteiger partial charge on any atom is 0.410 e. The summed E-state index contributed by atoms with van der Waals surface area (Å²) in [7, 11) is 1.67. The highest BCUT2D eigenvalue weighted by Crippen LogP contribution is 2.20. The summed E-state index contributed by atoms with van der Waals surface area (Å²) < 4.78 is 16.5. The SMILES string of the molecule is Cc1onc(COCCN(C)C(=O)OC(C)(C)C)c1Br. The van der Waals surface area contributed by atoms with Gasteiger partial charge in [-0.1, -0.05) is 5.16 Å². The van der Waals surface area contributed by atoms with Gasteiger partial charge in [0, 0.05) is 13.6 Å². The predicted molar refractivity (Wildman–Crippen MR) is 77.5 cm³/mol. The highest BCUT2D eigenvalue weighted by atomic mass is 79.9. The number of hydrogen-bond acceptors (Lipinski definition) is 5. The average molecular weight is 349 g/mol. The van der Waals surface area contributed by atoms with Crippen molar-refractivity contribution in [2.75, 3.05) is 20.2 Å². The Morgan fingerprint density at radius 2 is 2.10 bits per heavy atom. The zero-order chi connectivity index (χ0) is 15.3. The molecule has 114 valence electrons. The van der Waals surface area contributed by atoms with Gasteiger partial charge in [0.05, 0.1) is 17.7 Å². The van der Waals surface area contributed by atoms with Gasteiger partial charge in [-0.3, -0.25) is 0 Å². The largest absolute Gasteiger partial charge is 0.444 e. The van der Waals surface area contributed by atoms with E-state index in [0.717, 1.165) is 10.2 Å². The molecule has 0 radical (unpaired) electrons. The van der Waals surface area contributed by atoms with E-state index in [0.29, 0.717) is 25.5 Å². The quantitative estimate of drug-likeness (QED) is 0.764. The van der Waals surface area contributed by atoms with Gasteiger partial charge in [-0.25, -0.2) is 4.79 Å². The number of carbonyl (C=O) groups excluding carboxylic acids is 1. The summed E-state index contributed by atoms with van der Waals surface area (Å²) in [6.45, 7) is 8.49. The summed E-state index contributed by atoms with van der Waals surface area (Å²) in [6, 6.07) is 0. The molecule has 0 unspecified atom stereocenters. The van der Waals surface area contributed by atoms with E-state index >= 15 is 0 Å². The average Bonchev–Trinajstić information content (AvgIpc) is 2.63. The molecule has 0 aliphatic carbocycles. The van der Waals surface area contributed by atoms with Gasteiger partial charge < -0.3 is 18.9 Å². The fraction of sp³-hybridized carbons (Fsp3) is 0.692. The lowest BCUT2D eigenvalue weighted by molar-refractivity contribution is 0.0218. The van der Waals surface area contributed by atoms with Crippen LogP contribution in [0.25, 0.3) is 0 Å². The number of aromatic nitrogens is 1. The van der Waals surface area contributed by atoms with E-state index in [-0.39, 0.29) is 6.09 Å². The number of amides is 1. The fourth-order valence-corrected chi connectivity index (χ4v) is 1.56. The van der Waals surface area contributed by atoms with Crippen LogP contribution in [0, 0.1) is 6.92 Å². The Bertz CT molecular complexity index is 454. The molecule has 7 heteroatoms. The van der Waals surface area contributed by atoms with Crippen LogP contribution in [-0.2, 0) is 16.1 Å². The molecule has 1 aromatic rings. The minimum Gasteiger partial charge on any atom is -0.444 e. The number of carbonyl (C=O) groups is 1. The van der Waals surface area contributed by atoms with Crippen LogP contribution in [0.5, 0.6) is 0 Å². The minimum atomic E-state index is -0.491. The molecule has 0 spiro atoms. The summed E-state index contributed by atoms with van der Waals surface area (Å²) in [5.41, 5.74) is 0.220. The first-order chi connectivity index (χ1) is 9.20. The molecule has 1 aromatic heterocycles. The van der Waals surface area contributed by atoms with Crippen molar-refractivity contribution in [2.45, 2.75) is 39.9 Å². The molecule has 0 N–H and O–H groups in total. The van der Waals surface area contributed by atoms with E-state index in [2.05, 4.69) is 21.1 Å². The third kappa shape index (κ3) is 5.50. The van der Waals surface area contributed by atoms with Gasteiger partial charge in [-0.05, 0) is 43.6 Å². The fourth-order valence-electron chi connectivity index (χ4n) is 1.30. The standard InChI is InChI=1S/C13H21BrN2O4/c1-9-11(14)10(15-20-9)8-18-7-6-16(5)12(17)19-13(2,3)4/h6-8H2,1-5H3. The van der Waals surface area contributed by atoms with Gasteiger partial charge in [-0.2, -0.15) is 0 Å². The molecule has 0 atom stereocenters. The molecular formula is C13H21BrN2O4. The summed E-state index contributed by atoms with van der Waals surface area (Å²) >= 11 is 3.37. The van der Waals surface area contributed by atoms with Crippen LogP contribution >= 0.6 is 15.9 Å².